The Morgan fingerprint density at radius 2 is 1.94 bits per heavy atom. The van der Waals surface area contributed by atoms with Crippen LogP contribution in [0.2, 0.25) is 9.36 Å². The number of amides is 2. The molecule has 1 atom stereocenters. The minimum atomic E-state index is -1.81. The number of rotatable bonds is 4. The van der Waals surface area contributed by atoms with Crippen LogP contribution in [-0.2, 0) is 11.0 Å². The Labute approximate surface area is 191 Å². The monoisotopic (exact) mass is 496 g/mol. The zero-order valence-electron chi connectivity index (χ0n) is 15.3. The summed E-state index contributed by atoms with van der Waals surface area (Å²) in [6.45, 7) is 0. The van der Waals surface area contributed by atoms with E-state index in [1.165, 1.54) is 30.6 Å². The van der Waals surface area contributed by atoms with Crippen LogP contribution in [0.15, 0.2) is 63.9 Å². The number of halogens is 3. The molecule has 1 unspecified atom stereocenters. The van der Waals surface area contributed by atoms with Crippen molar-refractivity contribution in [3.8, 4) is 5.69 Å². The molecule has 0 aliphatic carbocycles. The highest BCUT2D eigenvalue weighted by Gasteiger charge is 2.14. The van der Waals surface area contributed by atoms with Gasteiger partial charge in [0.25, 0.3) is 5.56 Å². The number of aromatic nitrogens is 2. The fourth-order valence-corrected chi connectivity index (χ4v) is 5.02. The summed E-state index contributed by atoms with van der Waals surface area (Å²) < 4.78 is 30.9. The molecule has 0 fully saturated rings. The zero-order chi connectivity index (χ0) is 22.1. The number of benzene rings is 2. The number of anilines is 1. The van der Waals surface area contributed by atoms with Crippen molar-refractivity contribution in [1.82, 2.24) is 14.3 Å². The first kappa shape index (κ1) is 21.4. The highest BCUT2D eigenvalue weighted by molar-refractivity contribution is 7.86. The van der Waals surface area contributed by atoms with Crippen molar-refractivity contribution in [3.63, 3.8) is 0 Å². The van der Waals surface area contributed by atoms with E-state index in [4.69, 9.17) is 23.2 Å². The summed E-state index contributed by atoms with van der Waals surface area (Å²) in [5.74, 6) is -0.763. The van der Waals surface area contributed by atoms with E-state index in [-0.39, 0.29) is 16.8 Å². The zero-order valence-corrected chi connectivity index (χ0v) is 18.4. The maximum absolute atomic E-state index is 14.7. The second-order valence-corrected chi connectivity index (χ2v) is 9.72. The minimum Gasteiger partial charge on any atom is -0.307 e. The molecule has 2 aromatic carbocycles. The molecule has 4 rings (SSSR count). The van der Waals surface area contributed by atoms with Gasteiger partial charge in [0.1, 0.15) is 16.4 Å². The van der Waals surface area contributed by atoms with Crippen LogP contribution < -0.4 is 15.6 Å². The first-order valence-electron chi connectivity index (χ1n) is 8.53. The number of nitrogens with one attached hydrogen (secondary N) is 2. The maximum atomic E-state index is 14.7. The van der Waals surface area contributed by atoms with Crippen LogP contribution >= 0.6 is 34.5 Å². The Balaban J connectivity index is 1.54. The normalized spacial score (nSPS) is 12.0. The van der Waals surface area contributed by atoms with Gasteiger partial charge in [0.2, 0.25) is 0 Å². The predicted molar refractivity (Wildman–Crippen MR) is 120 cm³/mol. The summed E-state index contributed by atoms with van der Waals surface area (Å²) in [6, 6.07) is 10.7. The quantitative estimate of drug-likeness (QED) is 0.426. The number of carbonyl (C=O) groups excluding carboxylic acids is 1. The van der Waals surface area contributed by atoms with Crippen LogP contribution in [0.1, 0.15) is 0 Å². The number of hydrogen-bond acceptors (Lipinski definition) is 5. The predicted octanol–water partition coefficient (Wildman–Crippen LogP) is 4.74. The molecule has 2 heterocycles. The van der Waals surface area contributed by atoms with Gasteiger partial charge in [-0.05, 0) is 48.5 Å². The van der Waals surface area contributed by atoms with Crippen molar-refractivity contribution >= 4 is 68.1 Å². The van der Waals surface area contributed by atoms with Crippen molar-refractivity contribution < 1.29 is 13.4 Å². The lowest BCUT2D eigenvalue weighted by Crippen LogP contribution is -2.30. The van der Waals surface area contributed by atoms with Gasteiger partial charge in [0.15, 0.2) is 11.0 Å². The lowest BCUT2D eigenvalue weighted by Gasteiger charge is -2.11. The van der Waals surface area contributed by atoms with Crippen LogP contribution in [0, 0.1) is 5.82 Å². The highest BCUT2D eigenvalue weighted by Crippen LogP contribution is 2.24. The van der Waals surface area contributed by atoms with Crippen LogP contribution in [-0.4, -0.2) is 19.8 Å². The van der Waals surface area contributed by atoms with Crippen molar-refractivity contribution in [2.75, 3.05) is 5.32 Å². The Hall–Kier alpha value is -2.79. The number of carbonyl (C=O) groups is 1. The summed E-state index contributed by atoms with van der Waals surface area (Å²) in [5, 5.41) is 3.10. The van der Waals surface area contributed by atoms with Crippen molar-refractivity contribution in [2.45, 2.75) is 4.21 Å². The van der Waals surface area contributed by atoms with E-state index < -0.39 is 28.4 Å². The third-order valence-corrected chi connectivity index (χ3v) is 6.94. The SMILES string of the molecule is O=C(Nc1ccc(-n2cnc3cc(Cl)ccc3c2=O)c(F)c1)NS(=O)c1ccc(Cl)s1. The van der Waals surface area contributed by atoms with Gasteiger partial charge < -0.3 is 5.32 Å². The van der Waals surface area contributed by atoms with Crippen LogP contribution in [0.5, 0.6) is 0 Å². The number of hydrogen-bond donors (Lipinski definition) is 2. The van der Waals surface area contributed by atoms with Crippen molar-refractivity contribution in [2.24, 2.45) is 0 Å². The lowest BCUT2D eigenvalue weighted by molar-refractivity contribution is 0.257. The molecule has 2 amide bonds. The summed E-state index contributed by atoms with van der Waals surface area (Å²) in [5.41, 5.74) is -0.0150. The summed E-state index contributed by atoms with van der Waals surface area (Å²) >= 11 is 12.8. The molecule has 0 aliphatic rings. The largest absolute Gasteiger partial charge is 0.331 e. The molecule has 4 aromatic rings. The molecule has 0 bridgehead atoms. The van der Waals surface area contributed by atoms with E-state index >= 15 is 0 Å². The number of urea groups is 1. The molecule has 2 N–H and O–H groups in total. The molecule has 0 aliphatic heterocycles. The van der Waals surface area contributed by atoms with Crippen molar-refractivity contribution in [1.29, 1.82) is 0 Å². The first-order valence-corrected chi connectivity index (χ1v) is 11.3. The fraction of sp³-hybridized carbons (Fsp3) is 0. The van der Waals surface area contributed by atoms with E-state index in [0.717, 1.165) is 22.0 Å². The molecule has 0 radical (unpaired) electrons. The second-order valence-electron chi connectivity index (χ2n) is 6.13. The average Bonchev–Trinajstić information content (AvgIpc) is 3.15. The molecular formula is C19H11Cl2FN4O3S2. The molecule has 12 heteroatoms. The Morgan fingerprint density at radius 3 is 2.65 bits per heavy atom. The molecule has 0 saturated carbocycles. The van der Waals surface area contributed by atoms with Gasteiger partial charge in [-0.1, -0.05) is 23.2 Å². The van der Waals surface area contributed by atoms with Gasteiger partial charge >= 0.3 is 6.03 Å². The van der Waals surface area contributed by atoms with Gasteiger partial charge in [0, 0.05) is 10.7 Å². The van der Waals surface area contributed by atoms with E-state index in [1.54, 1.807) is 18.2 Å². The first-order chi connectivity index (χ1) is 14.8. The van der Waals surface area contributed by atoms with Gasteiger partial charge in [-0.15, -0.1) is 11.3 Å². The number of thiophene rings is 1. The lowest BCUT2D eigenvalue weighted by atomic mass is 10.2. The van der Waals surface area contributed by atoms with Gasteiger partial charge in [-0.2, -0.15) is 0 Å². The van der Waals surface area contributed by atoms with E-state index in [2.05, 4.69) is 15.0 Å². The highest BCUT2D eigenvalue weighted by atomic mass is 35.5. The average molecular weight is 497 g/mol. The Bertz CT molecular complexity index is 1410. The van der Waals surface area contributed by atoms with Crippen LogP contribution in [0.4, 0.5) is 14.9 Å². The minimum absolute atomic E-state index is 0.0443. The second kappa shape index (κ2) is 8.75. The molecule has 31 heavy (non-hydrogen) atoms. The van der Waals surface area contributed by atoms with Crippen molar-refractivity contribution in [3.05, 3.63) is 80.4 Å². The Morgan fingerprint density at radius 1 is 1.13 bits per heavy atom. The summed E-state index contributed by atoms with van der Waals surface area (Å²) in [6.07, 6.45) is 1.20. The summed E-state index contributed by atoms with van der Waals surface area (Å²) in [4.78, 5) is 28.9. The third-order valence-electron chi connectivity index (χ3n) is 4.10. The topological polar surface area (TPSA) is 93.1 Å². The van der Waals surface area contributed by atoms with Crippen LogP contribution in [0.3, 0.4) is 0 Å². The molecule has 0 spiro atoms. The van der Waals surface area contributed by atoms with E-state index in [1.807, 2.05) is 0 Å². The van der Waals surface area contributed by atoms with Gasteiger partial charge in [-0.3, -0.25) is 14.1 Å². The van der Waals surface area contributed by atoms with E-state index in [0.29, 0.717) is 19.1 Å². The van der Waals surface area contributed by atoms with Crippen LogP contribution in [0.25, 0.3) is 16.6 Å². The molecule has 7 nitrogen and oxygen atoms in total. The summed E-state index contributed by atoms with van der Waals surface area (Å²) in [7, 11) is -1.81. The maximum Gasteiger partial charge on any atom is 0.331 e. The third kappa shape index (κ3) is 4.62. The van der Waals surface area contributed by atoms with Gasteiger partial charge in [-0.25, -0.2) is 18.4 Å². The molecule has 158 valence electrons. The molecule has 2 aromatic heterocycles. The standard InChI is InChI=1S/C19H11Cl2FN4O3S2/c20-10-1-3-12-14(7-10)23-9-26(18(12)27)15-4-2-11(8-13(15)22)24-19(28)25-31(29)17-6-5-16(21)30-17/h1-9H,(H2,24,25,28). The molecule has 0 saturated heterocycles. The smallest absolute Gasteiger partial charge is 0.307 e. The fourth-order valence-electron chi connectivity index (χ4n) is 2.73. The molecular weight excluding hydrogens is 486 g/mol. The number of fused-ring (bicyclic) bond motifs is 1. The van der Waals surface area contributed by atoms with E-state index in [9.17, 15) is 18.2 Å². The number of nitrogens with zero attached hydrogens (tertiary/aromatic N) is 2. The van der Waals surface area contributed by atoms with Gasteiger partial charge in [0.05, 0.1) is 20.9 Å². The Kier molecular flexibility index (Phi) is 6.05.